The van der Waals surface area contributed by atoms with Crippen LogP contribution < -0.4 is 0 Å². The lowest BCUT2D eigenvalue weighted by molar-refractivity contribution is 0.0696. The van der Waals surface area contributed by atoms with Gasteiger partial charge >= 0.3 is 18.1 Å². The molecule has 1 aromatic carbocycles. The summed E-state index contributed by atoms with van der Waals surface area (Å²) in [5.41, 5.74) is 0.335. The molecule has 0 heterocycles. The van der Waals surface area contributed by atoms with Crippen molar-refractivity contribution >= 4 is 18.1 Å². The smallest absolute Gasteiger partial charge is 0.478 e. The molecule has 0 aliphatic rings. The Morgan fingerprint density at radius 3 is 1.41 bits per heavy atom. The molecule has 17 heavy (non-hydrogen) atoms. The molecule has 7 heteroatoms. The summed E-state index contributed by atoms with van der Waals surface area (Å²) in [6, 6.07) is 4.17. The van der Waals surface area contributed by atoms with Crippen LogP contribution in [0.3, 0.4) is 0 Å². The van der Waals surface area contributed by atoms with Crippen molar-refractivity contribution < 1.29 is 34.8 Å². The lowest BCUT2D eigenvalue weighted by Crippen LogP contribution is -2.06. The quantitative estimate of drug-likeness (QED) is 0.619. The maximum Gasteiger partial charge on any atom is 0.503 e. The second-order valence-electron chi connectivity index (χ2n) is 2.87. The summed E-state index contributed by atoms with van der Waals surface area (Å²) in [5.74, 6) is -2.22. The van der Waals surface area contributed by atoms with Gasteiger partial charge in [-0.25, -0.2) is 14.4 Å². The number of rotatable bonds is 2. The van der Waals surface area contributed by atoms with E-state index in [0.717, 1.165) is 0 Å². The number of hydrogen-bond donors (Lipinski definition) is 4. The van der Waals surface area contributed by atoms with Crippen LogP contribution in [-0.2, 0) is 0 Å². The topological polar surface area (TPSA) is 132 Å². The van der Waals surface area contributed by atoms with Crippen molar-refractivity contribution in [3.05, 3.63) is 34.9 Å². The van der Waals surface area contributed by atoms with Crippen LogP contribution in [0.1, 0.15) is 26.3 Å². The Kier molecular flexibility index (Phi) is 5.19. The van der Waals surface area contributed by atoms with Gasteiger partial charge in [0, 0.05) is 0 Å². The molecule has 0 radical (unpaired) electrons. The molecule has 0 saturated heterocycles. The van der Waals surface area contributed by atoms with Gasteiger partial charge in [-0.15, -0.1) is 0 Å². The van der Waals surface area contributed by atoms with Crippen LogP contribution >= 0.6 is 0 Å². The molecule has 0 aromatic heterocycles. The molecule has 0 unspecified atom stereocenters. The second kappa shape index (κ2) is 6.11. The number of carbonyl (C=O) groups is 3. The van der Waals surface area contributed by atoms with Crippen LogP contribution in [-0.4, -0.2) is 38.5 Å². The third kappa shape index (κ3) is 4.65. The highest BCUT2D eigenvalue weighted by atomic mass is 16.6. The zero-order valence-corrected chi connectivity index (χ0v) is 8.75. The van der Waals surface area contributed by atoms with Crippen LogP contribution in [0.4, 0.5) is 4.79 Å². The molecule has 0 fully saturated rings. The van der Waals surface area contributed by atoms with Gasteiger partial charge in [-0.1, -0.05) is 6.07 Å². The van der Waals surface area contributed by atoms with Crippen molar-refractivity contribution in [1.82, 2.24) is 0 Å². The third-order valence-electron chi connectivity index (χ3n) is 1.79. The van der Waals surface area contributed by atoms with Crippen LogP contribution in [0, 0.1) is 6.92 Å². The van der Waals surface area contributed by atoms with Crippen molar-refractivity contribution in [2.75, 3.05) is 0 Å². The molecule has 1 rings (SSSR count). The van der Waals surface area contributed by atoms with Crippen molar-refractivity contribution in [3.8, 4) is 0 Å². The Balaban J connectivity index is 0.000000557. The van der Waals surface area contributed by atoms with Crippen molar-refractivity contribution in [1.29, 1.82) is 0 Å². The number of carboxylic acids is 2. The van der Waals surface area contributed by atoms with E-state index in [9.17, 15) is 9.59 Å². The third-order valence-corrected chi connectivity index (χ3v) is 1.79. The highest BCUT2D eigenvalue weighted by Crippen LogP contribution is 2.13. The average Bonchev–Trinajstić information content (AvgIpc) is 2.15. The predicted octanol–water partition coefficient (Wildman–Crippen LogP) is 1.61. The fraction of sp³-hybridized carbons (Fsp3) is 0.100. The molecule has 0 aliphatic heterocycles. The molecule has 1 aromatic rings. The van der Waals surface area contributed by atoms with E-state index in [1.54, 1.807) is 0 Å². The molecule has 4 N–H and O–H groups in total. The first kappa shape index (κ1) is 14.4. The zero-order valence-electron chi connectivity index (χ0n) is 8.75. The summed E-state index contributed by atoms with van der Waals surface area (Å²) in [4.78, 5) is 29.8. The minimum Gasteiger partial charge on any atom is -0.478 e. The van der Waals surface area contributed by atoms with Gasteiger partial charge < -0.3 is 20.4 Å². The monoisotopic (exact) mass is 242 g/mol. The van der Waals surface area contributed by atoms with E-state index in [2.05, 4.69) is 0 Å². The van der Waals surface area contributed by atoms with E-state index in [1.807, 2.05) is 0 Å². The largest absolute Gasteiger partial charge is 0.503 e. The molecule has 0 aliphatic carbocycles. The Labute approximate surface area is 95.6 Å². The van der Waals surface area contributed by atoms with E-state index in [4.69, 9.17) is 25.2 Å². The molecule has 0 atom stereocenters. The van der Waals surface area contributed by atoms with Crippen LogP contribution in [0.5, 0.6) is 0 Å². The fourth-order valence-electron chi connectivity index (χ4n) is 1.10. The normalized spacial score (nSPS) is 8.76. The first-order valence-corrected chi connectivity index (χ1v) is 4.25. The van der Waals surface area contributed by atoms with Crippen molar-refractivity contribution in [3.63, 3.8) is 0 Å². The van der Waals surface area contributed by atoms with Gasteiger partial charge in [0.15, 0.2) is 0 Å². The van der Waals surface area contributed by atoms with Crippen LogP contribution in [0.25, 0.3) is 0 Å². The summed E-state index contributed by atoms with van der Waals surface area (Å²) >= 11 is 0. The number of aromatic carboxylic acids is 2. The molecule has 0 amide bonds. The van der Waals surface area contributed by atoms with E-state index < -0.39 is 18.1 Å². The number of carboxylic acid groups (broad SMARTS) is 4. The molecule has 7 nitrogen and oxygen atoms in total. The highest BCUT2D eigenvalue weighted by molar-refractivity contribution is 5.96. The standard InChI is InChI=1S/C9H8O4.CH2O3/c1-5-6(8(10)11)3-2-4-7(5)9(12)13;2-1(3)4/h2-4H,1H3,(H,10,11)(H,12,13);(H2,2,3,4). The molecular weight excluding hydrogens is 232 g/mol. The summed E-state index contributed by atoms with van der Waals surface area (Å²) < 4.78 is 0. The maximum atomic E-state index is 10.6. The zero-order chi connectivity index (χ0) is 13.6. The Morgan fingerprint density at radius 1 is 0.882 bits per heavy atom. The molecule has 0 bridgehead atoms. The van der Waals surface area contributed by atoms with Crippen molar-refractivity contribution in [2.24, 2.45) is 0 Å². The van der Waals surface area contributed by atoms with Gasteiger partial charge in [-0.3, -0.25) is 0 Å². The van der Waals surface area contributed by atoms with Crippen LogP contribution in [0.15, 0.2) is 18.2 Å². The van der Waals surface area contributed by atoms with Gasteiger partial charge in [-0.2, -0.15) is 0 Å². The van der Waals surface area contributed by atoms with E-state index in [-0.39, 0.29) is 16.7 Å². The van der Waals surface area contributed by atoms with Gasteiger partial charge in [0.1, 0.15) is 0 Å². The van der Waals surface area contributed by atoms with Gasteiger partial charge in [-0.05, 0) is 24.6 Å². The summed E-state index contributed by atoms with van der Waals surface area (Å²) in [7, 11) is 0. The van der Waals surface area contributed by atoms with Gasteiger partial charge in [0.05, 0.1) is 11.1 Å². The Bertz CT molecular complexity index is 414. The van der Waals surface area contributed by atoms with E-state index in [0.29, 0.717) is 0 Å². The minimum absolute atomic E-state index is 0.0277. The molecule has 0 spiro atoms. The first-order valence-electron chi connectivity index (χ1n) is 4.25. The SMILES string of the molecule is Cc1c(C(=O)O)cccc1C(=O)O.O=C(O)O. The van der Waals surface area contributed by atoms with E-state index in [1.165, 1.54) is 25.1 Å². The van der Waals surface area contributed by atoms with Gasteiger partial charge in [0.2, 0.25) is 0 Å². The Hall–Kier alpha value is -2.57. The number of benzene rings is 1. The number of hydrogen-bond acceptors (Lipinski definition) is 3. The fourth-order valence-corrected chi connectivity index (χ4v) is 1.10. The lowest BCUT2D eigenvalue weighted by atomic mass is 10.0. The van der Waals surface area contributed by atoms with Crippen molar-refractivity contribution in [2.45, 2.75) is 6.92 Å². The minimum atomic E-state index is -1.83. The second-order valence-corrected chi connectivity index (χ2v) is 2.87. The molecule has 92 valence electrons. The first-order chi connectivity index (χ1) is 7.77. The average molecular weight is 242 g/mol. The summed E-state index contributed by atoms with van der Waals surface area (Å²) in [6.45, 7) is 1.48. The Morgan fingerprint density at radius 2 is 1.18 bits per heavy atom. The lowest BCUT2D eigenvalue weighted by Gasteiger charge is -2.03. The summed E-state index contributed by atoms with van der Waals surface area (Å²) in [5, 5.41) is 31.3. The maximum absolute atomic E-state index is 10.6. The highest BCUT2D eigenvalue weighted by Gasteiger charge is 2.13. The molecular formula is C10H10O7. The summed E-state index contributed by atoms with van der Waals surface area (Å²) in [6.07, 6.45) is -1.83. The molecule has 0 saturated carbocycles. The van der Waals surface area contributed by atoms with E-state index >= 15 is 0 Å². The predicted molar refractivity (Wildman–Crippen MR) is 55.8 cm³/mol. The van der Waals surface area contributed by atoms with Gasteiger partial charge in [0.25, 0.3) is 0 Å². The van der Waals surface area contributed by atoms with Crippen LogP contribution in [0.2, 0.25) is 0 Å².